The zero-order valence-corrected chi connectivity index (χ0v) is 15.2. The predicted octanol–water partition coefficient (Wildman–Crippen LogP) is 1.84. The zero-order valence-electron chi connectivity index (χ0n) is 15.2. The molecule has 0 aromatic heterocycles. The highest BCUT2D eigenvalue weighted by atomic mass is 19.1. The van der Waals surface area contributed by atoms with Crippen molar-refractivity contribution in [1.29, 1.82) is 5.26 Å². The Morgan fingerprint density at radius 2 is 2.15 bits per heavy atom. The van der Waals surface area contributed by atoms with Gasteiger partial charge in [-0.15, -0.1) is 0 Å². The molecule has 1 heterocycles. The van der Waals surface area contributed by atoms with Gasteiger partial charge in [-0.1, -0.05) is 6.07 Å². The van der Waals surface area contributed by atoms with Crippen LogP contribution >= 0.6 is 0 Å². The van der Waals surface area contributed by atoms with Crippen LogP contribution in [0.3, 0.4) is 0 Å². The van der Waals surface area contributed by atoms with E-state index in [1.54, 1.807) is 17.0 Å². The molecule has 0 radical (unpaired) electrons. The van der Waals surface area contributed by atoms with Crippen molar-refractivity contribution in [2.75, 3.05) is 53.0 Å². The lowest BCUT2D eigenvalue weighted by atomic mass is 10.1. The number of nitrogens with zero attached hydrogens (tertiary/aromatic N) is 3. The monoisotopic (exact) mass is 363 g/mol. The van der Waals surface area contributed by atoms with E-state index in [4.69, 9.17) is 14.7 Å². The van der Waals surface area contributed by atoms with Crippen LogP contribution in [-0.2, 0) is 16.0 Å². The van der Waals surface area contributed by atoms with Crippen molar-refractivity contribution in [3.8, 4) is 11.8 Å². The number of halogens is 1. The molecule has 1 saturated heterocycles. The topological polar surface area (TPSA) is 65.8 Å². The summed E-state index contributed by atoms with van der Waals surface area (Å²) in [5.74, 6) is -0.239. The molecule has 1 aromatic rings. The number of hydrogen-bond donors (Lipinski definition) is 0. The van der Waals surface area contributed by atoms with Crippen molar-refractivity contribution in [3.05, 3.63) is 29.6 Å². The number of ether oxygens (including phenoxy) is 2. The summed E-state index contributed by atoms with van der Waals surface area (Å²) in [5.41, 5.74) is 0.755. The lowest BCUT2D eigenvalue weighted by Gasteiger charge is -2.30. The van der Waals surface area contributed by atoms with Crippen molar-refractivity contribution >= 4 is 5.91 Å². The molecule has 1 fully saturated rings. The summed E-state index contributed by atoms with van der Waals surface area (Å²) in [4.78, 5) is 16.6. The number of aryl methyl sites for hydroxylation is 1. The Morgan fingerprint density at radius 3 is 2.81 bits per heavy atom. The van der Waals surface area contributed by atoms with Gasteiger partial charge in [-0.05, 0) is 24.1 Å². The highest BCUT2D eigenvalue weighted by Crippen LogP contribution is 2.18. The lowest BCUT2D eigenvalue weighted by Crippen LogP contribution is -2.43. The summed E-state index contributed by atoms with van der Waals surface area (Å²) < 4.78 is 24.0. The Labute approximate surface area is 154 Å². The summed E-state index contributed by atoms with van der Waals surface area (Å²) >= 11 is 0. The molecule has 1 aliphatic heterocycles. The Balaban J connectivity index is 1.86. The van der Waals surface area contributed by atoms with E-state index in [0.717, 1.165) is 38.4 Å². The zero-order chi connectivity index (χ0) is 18.8. The van der Waals surface area contributed by atoms with E-state index < -0.39 is 5.82 Å². The molecular formula is C19H26FN3O3. The van der Waals surface area contributed by atoms with Crippen LogP contribution in [0.2, 0.25) is 0 Å². The Morgan fingerprint density at radius 1 is 1.38 bits per heavy atom. The Kier molecular flexibility index (Phi) is 8.32. The minimum Gasteiger partial charge on any atom is -0.494 e. The predicted molar refractivity (Wildman–Crippen MR) is 95.3 cm³/mol. The van der Waals surface area contributed by atoms with E-state index in [1.165, 1.54) is 13.2 Å². The normalized spacial score (nSPS) is 14.7. The highest BCUT2D eigenvalue weighted by Gasteiger charge is 2.17. The molecule has 0 atom stereocenters. The van der Waals surface area contributed by atoms with Crippen molar-refractivity contribution in [2.24, 2.45) is 0 Å². The maximum Gasteiger partial charge on any atom is 0.222 e. The fourth-order valence-corrected chi connectivity index (χ4v) is 2.91. The number of carbonyl (C=O) groups excluding carboxylic acids is 1. The second-order valence-electron chi connectivity index (χ2n) is 6.21. The van der Waals surface area contributed by atoms with Gasteiger partial charge >= 0.3 is 0 Å². The van der Waals surface area contributed by atoms with Gasteiger partial charge in [-0.25, -0.2) is 4.39 Å². The van der Waals surface area contributed by atoms with E-state index in [0.29, 0.717) is 32.4 Å². The molecule has 0 saturated carbocycles. The number of morpholine rings is 1. The fraction of sp³-hybridized carbons (Fsp3) is 0.579. The minimum atomic E-state index is -0.425. The SMILES string of the molecule is COc1ccc(CCC(=O)N(CCC#N)CCN2CCOCC2)cc1F. The van der Waals surface area contributed by atoms with Gasteiger partial charge in [0, 0.05) is 39.1 Å². The average molecular weight is 363 g/mol. The van der Waals surface area contributed by atoms with Gasteiger partial charge in [0.1, 0.15) is 0 Å². The van der Waals surface area contributed by atoms with E-state index >= 15 is 0 Å². The molecule has 2 rings (SSSR count). The summed E-state index contributed by atoms with van der Waals surface area (Å²) in [6.07, 6.45) is 1.06. The maximum atomic E-state index is 13.8. The molecule has 26 heavy (non-hydrogen) atoms. The third-order valence-corrected chi connectivity index (χ3v) is 4.48. The van der Waals surface area contributed by atoms with Gasteiger partial charge in [-0.2, -0.15) is 5.26 Å². The van der Waals surface area contributed by atoms with Crippen molar-refractivity contribution in [3.63, 3.8) is 0 Å². The molecule has 1 aliphatic rings. The molecule has 1 aromatic carbocycles. The quantitative estimate of drug-likeness (QED) is 0.670. The molecule has 0 unspecified atom stereocenters. The Hall–Kier alpha value is -2.17. The van der Waals surface area contributed by atoms with Crippen molar-refractivity contribution in [1.82, 2.24) is 9.80 Å². The molecule has 6 nitrogen and oxygen atoms in total. The molecule has 1 amide bonds. The van der Waals surface area contributed by atoms with Crippen LogP contribution in [0.15, 0.2) is 18.2 Å². The molecule has 142 valence electrons. The summed E-state index contributed by atoms with van der Waals surface area (Å²) in [7, 11) is 1.42. The molecule has 0 bridgehead atoms. The Bertz CT molecular complexity index is 627. The summed E-state index contributed by atoms with van der Waals surface area (Å²) in [5, 5.41) is 8.83. The third-order valence-electron chi connectivity index (χ3n) is 4.48. The number of rotatable bonds is 9. The van der Waals surface area contributed by atoms with Crippen LogP contribution in [0, 0.1) is 17.1 Å². The second-order valence-corrected chi connectivity index (χ2v) is 6.21. The first-order valence-corrected chi connectivity index (χ1v) is 8.91. The van der Waals surface area contributed by atoms with Gasteiger partial charge in [0.05, 0.1) is 32.8 Å². The van der Waals surface area contributed by atoms with Gasteiger partial charge in [0.15, 0.2) is 11.6 Å². The first kappa shape index (κ1) is 20.1. The highest BCUT2D eigenvalue weighted by molar-refractivity contribution is 5.76. The molecule has 0 aliphatic carbocycles. The first-order chi connectivity index (χ1) is 12.6. The summed E-state index contributed by atoms with van der Waals surface area (Å²) in [6.45, 7) is 4.97. The molecular weight excluding hydrogens is 337 g/mol. The van der Waals surface area contributed by atoms with E-state index in [-0.39, 0.29) is 11.7 Å². The number of amides is 1. The molecule has 0 N–H and O–H groups in total. The van der Waals surface area contributed by atoms with Gasteiger partial charge < -0.3 is 14.4 Å². The van der Waals surface area contributed by atoms with Crippen LogP contribution in [0.25, 0.3) is 0 Å². The van der Waals surface area contributed by atoms with Crippen LogP contribution in [0.1, 0.15) is 18.4 Å². The fourth-order valence-electron chi connectivity index (χ4n) is 2.91. The smallest absolute Gasteiger partial charge is 0.222 e. The maximum absolute atomic E-state index is 13.8. The second kappa shape index (κ2) is 10.7. The number of benzene rings is 1. The summed E-state index contributed by atoms with van der Waals surface area (Å²) in [6, 6.07) is 6.83. The van der Waals surface area contributed by atoms with E-state index in [2.05, 4.69) is 11.0 Å². The average Bonchev–Trinajstić information content (AvgIpc) is 2.67. The number of methoxy groups -OCH3 is 1. The molecule has 0 spiro atoms. The molecule has 7 heteroatoms. The number of hydrogen-bond acceptors (Lipinski definition) is 5. The van der Waals surface area contributed by atoms with Gasteiger partial charge in [0.2, 0.25) is 5.91 Å². The van der Waals surface area contributed by atoms with Crippen LogP contribution in [0.4, 0.5) is 4.39 Å². The lowest BCUT2D eigenvalue weighted by molar-refractivity contribution is -0.131. The van der Waals surface area contributed by atoms with E-state index in [1.807, 2.05) is 0 Å². The third kappa shape index (κ3) is 6.28. The number of carbonyl (C=O) groups is 1. The van der Waals surface area contributed by atoms with Crippen LogP contribution in [-0.4, -0.2) is 68.8 Å². The van der Waals surface area contributed by atoms with Gasteiger partial charge in [-0.3, -0.25) is 9.69 Å². The first-order valence-electron chi connectivity index (χ1n) is 8.91. The van der Waals surface area contributed by atoms with Crippen molar-refractivity contribution < 1.29 is 18.7 Å². The van der Waals surface area contributed by atoms with E-state index in [9.17, 15) is 9.18 Å². The van der Waals surface area contributed by atoms with Crippen molar-refractivity contribution in [2.45, 2.75) is 19.3 Å². The van der Waals surface area contributed by atoms with Gasteiger partial charge in [0.25, 0.3) is 0 Å². The van der Waals surface area contributed by atoms with Crippen LogP contribution in [0.5, 0.6) is 5.75 Å². The van der Waals surface area contributed by atoms with Crippen LogP contribution < -0.4 is 4.74 Å². The standard InChI is InChI=1S/C19H26FN3O3/c1-25-18-5-3-16(15-17(18)20)4-6-19(24)23(8-2-7-21)10-9-22-11-13-26-14-12-22/h3,5,15H,2,4,6,8-14H2,1H3. The number of nitriles is 1. The minimum absolute atomic E-state index is 0.00950. The largest absolute Gasteiger partial charge is 0.494 e.